The zero-order valence-electron chi connectivity index (χ0n) is 7.23. The Balaban J connectivity index is 3.53. The van der Waals surface area contributed by atoms with Gasteiger partial charge in [0.1, 0.15) is 6.04 Å². The van der Waals surface area contributed by atoms with Gasteiger partial charge < -0.3 is 10.4 Å². The highest BCUT2D eigenvalue weighted by Gasteiger charge is 2.09. The third-order valence-electron chi connectivity index (χ3n) is 1.40. The molecule has 0 radical (unpaired) electrons. The summed E-state index contributed by atoms with van der Waals surface area (Å²) >= 11 is 0. The largest absolute Gasteiger partial charge is 0.480 e. The Labute approximate surface area is 76.7 Å². The average Bonchev–Trinajstić information content (AvgIpc) is 1.95. The fourth-order valence-electron chi connectivity index (χ4n) is 0.660. The molecule has 6 nitrogen and oxygen atoms in total. The number of hydrogen-bond acceptors (Lipinski definition) is 4. The molecule has 0 aliphatic rings. The predicted molar refractivity (Wildman–Crippen MR) is 46.1 cm³/mol. The van der Waals surface area contributed by atoms with Gasteiger partial charge in [0.25, 0.3) is 10.1 Å². The van der Waals surface area contributed by atoms with E-state index in [0.717, 1.165) is 0 Å². The molecule has 0 aliphatic heterocycles. The van der Waals surface area contributed by atoms with Crippen molar-refractivity contribution in [2.45, 2.75) is 19.4 Å². The van der Waals surface area contributed by atoms with Gasteiger partial charge in [0, 0.05) is 0 Å². The van der Waals surface area contributed by atoms with Crippen molar-refractivity contribution in [1.82, 2.24) is 5.32 Å². The van der Waals surface area contributed by atoms with E-state index in [1.165, 1.54) is 6.92 Å². The summed E-state index contributed by atoms with van der Waals surface area (Å²) in [6.07, 6.45) is 0.191. The molecule has 0 aromatic carbocycles. The minimum absolute atomic E-state index is 0.191. The normalized spacial score (nSPS) is 14.0. The molecule has 7 heteroatoms. The first-order valence-corrected chi connectivity index (χ1v) is 5.35. The van der Waals surface area contributed by atoms with E-state index in [4.69, 9.17) is 9.66 Å². The summed E-state index contributed by atoms with van der Waals surface area (Å²) in [5, 5.41) is 11.0. The third-order valence-corrected chi connectivity index (χ3v) is 2.20. The molecule has 0 aliphatic carbocycles. The van der Waals surface area contributed by atoms with E-state index >= 15 is 0 Å². The van der Waals surface area contributed by atoms with Crippen LogP contribution in [0.25, 0.3) is 0 Å². The second-order valence-corrected chi connectivity index (χ2v) is 4.23. The van der Waals surface area contributed by atoms with Gasteiger partial charge in [0.05, 0.1) is 5.75 Å². The van der Waals surface area contributed by atoms with E-state index in [1.807, 2.05) is 0 Å². The molecule has 0 saturated carbocycles. The molecular weight excluding hydrogens is 198 g/mol. The Hall–Kier alpha value is -0.660. The van der Waals surface area contributed by atoms with Crippen molar-refractivity contribution in [1.29, 1.82) is 0 Å². The van der Waals surface area contributed by atoms with Crippen molar-refractivity contribution in [3.63, 3.8) is 0 Å². The van der Waals surface area contributed by atoms with Crippen LogP contribution in [0.2, 0.25) is 0 Å². The van der Waals surface area contributed by atoms with Gasteiger partial charge in [0.15, 0.2) is 0 Å². The molecule has 0 spiro atoms. The van der Waals surface area contributed by atoms with E-state index in [0.29, 0.717) is 0 Å². The standard InChI is InChI=1S/C6H13NO5S/c1-5(6(8)9)7-3-2-4-13(10,11)12/h5,7H,2-4H2,1H3,(H,8,9)(H,10,11,12)/t5-/m0/s1. The molecule has 13 heavy (non-hydrogen) atoms. The molecule has 0 heterocycles. The summed E-state index contributed by atoms with van der Waals surface area (Å²) in [5.74, 6) is -1.35. The summed E-state index contributed by atoms with van der Waals surface area (Å²) in [7, 11) is -3.93. The molecule has 0 rings (SSSR count). The van der Waals surface area contributed by atoms with Crippen molar-refractivity contribution in [3.05, 3.63) is 0 Å². The molecular formula is C6H13NO5S. The first-order chi connectivity index (χ1) is 5.83. The quantitative estimate of drug-likeness (QED) is 0.397. The number of nitrogens with one attached hydrogen (secondary N) is 1. The van der Waals surface area contributed by atoms with Crippen LogP contribution < -0.4 is 5.32 Å². The Bertz CT molecular complexity index is 260. The van der Waals surface area contributed by atoms with Crippen LogP contribution in [0.4, 0.5) is 0 Å². The van der Waals surface area contributed by atoms with Crippen LogP contribution in [0, 0.1) is 0 Å². The molecule has 0 unspecified atom stereocenters. The lowest BCUT2D eigenvalue weighted by Gasteiger charge is -2.07. The number of carboxylic acids is 1. The summed E-state index contributed by atoms with van der Waals surface area (Å²) in [5.41, 5.74) is 0. The van der Waals surface area contributed by atoms with E-state index in [9.17, 15) is 13.2 Å². The maximum Gasteiger partial charge on any atom is 0.320 e. The predicted octanol–water partition coefficient (Wildman–Crippen LogP) is -0.673. The highest BCUT2D eigenvalue weighted by molar-refractivity contribution is 7.85. The lowest BCUT2D eigenvalue weighted by atomic mass is 10.3. The summed E-state index contributed by atoms with van der Waals surface area (Å²) in [4.78, 5) is 10.3. The Morgan fingerprint density at radius 1 is 1.54 bits per heavy atom. The lowest BCUT2D eigenvalue weighted by Crippen LogP contribution is -2.34. The number of rotatable bonds is 6. The van der Waals surface area contributed by atoms with Crippen molar-refractivity contribution in [2.75, 3.05) is 12.3 Å². The van der Waals surface area contributed by atoms with Crippen LogP contribution in [0.15, 0.2) is 0 Å². The van der Waals surface area contributed by atoms with E-state index < -0.39 is 22.1 Å². The minimum atomic E-state index is -3.93. The van der Waals surface area contributed by atoms with Crippen molar-refractivity contribution >= 4 is 16.1 Å². The SMILES string of the molecule is C[C@H](NCCCS(=O)(=O)O)C(=O)O. The smallest absolute Gasteiger partial charge is 0.320 e. The topological polar surface area (TPSA) is 104 Å². The van der Waals surface area contributed by atoms with Crippen LogP contribution in [0.5, 0.6) is 0 Å². The molecule has 1 atom stereocenters. The molecule has 0 fully saturated rings. The van der Waals surface area contributed by atoms with Gasteiger partial charge in [0.2, 0.25) is 0 Å². The first kappa shape index (κ1) is 12.3. The van der Waals surface area contributed by atoms with E-state index in [-0.39, 0.29) is 18.7 Å². The van der Waals surface area contributed by atoms with E-state index in [1.54, 1.807) is 0 Å². The average molecular weight is 211 g/mol. The van der Waals surface area contributed by atoms with Gasteiger partial charge in [-0.2, -0.15) is 8.42 Å². The van der Waals surface area contributed by atoms with Gasteiger partial charge >= 0.3 is 5.97 Å². The van der Waals surface area contributed by atoms with Gasteiger partial charge in [-0.1, -0.05) is 0 Å². The molecule has 0 amide bonds. The molecule has 0 saturated heterocycles. The second-order valence-electron chi connectivity index (χ2n) is 2.65. The number of hydrogen-bond donors (Lipinski definition) is 3. The maximum atomic E-state index is 10.3. The van der Waals surface area contributed by atoms with Gasteiger partial charge in [-0.05, 0) is 19.9 Å². The van der Waals surface area contributed by atoms with Crippen LogP contribution in [0.1, 0.15) is 13.3 Å². The minimum Gasteiger partial charge on any atom is -0.480 e. The number of carbonyl (C=O) groups is 1. The third kappa shape index (κ3) is 7.69. The van der Waals surface area contributed by atoms with E-state index in [2.05, 4.69) is 5.32 Å². The monoisotopic (exact) mass is 211 g/mol. The van der Waals surface area contributed by atoms with Crippen molar-refractivity contribution in [3.8, 4) is 0 Å². The van der Waals surface area contributed by atoms with Crippen LogP contribution in [-0.2, 0) is 14.9 Å². The van der Waals surface area contributed by atoms with Crippen molar-refractivity contribution < 1.29 is 22.9 Å². The Kier molecular flexibility index (Phi) is 4.89. The van der Waals surface area contributed by atoms with Gasteiger partial charge in [-0.15, -0.1) is 0 Å². The fourth-order valence-corrected chi connectivity index (χ4v) is 1.17. The summed E-state index contributed by atoms with van der Waals surface area (Å²) in [6, 6.07) is -0.707. The molecule has 0 bridgehead atoms. The molecule has 0 aromatic heterocycles. The van der Waals surface area contributed by atoms with Gasteiger partial charge in [-0.25, -0.2) is 0 Å². The maximum absolute atomic E-state index is 10.3. The molecule has 0 aromatic rings. The van der Waals surface area contributed by atoms with Crippen LogP contribution in [0.3, 0.4) is 0 Å². The van der Waals surface area contributed by atoms with Crippen molar-refractivity contribution in [2.24, 2.45) is 0 Å². The molecule has 3 N–H and O–H groups in total. The summed E-state index contributed by atoms with van der Waals surface area (Å²) in [6.45, 7) is 1.70. The zero-order valence-corrected chi connectivity index (χ0v) is 8.04. The highest BCUT2D eigenvalue weighted by Crippen LogP contribution is 1.88. The Morgan fingerprint density at radius 3 is 2.46 bits per heavy atom. The fraction of sp³-hybridized carbons (Fsp3) is 0.833. The second kappa shape index (κ2) is 5.15. The first-order valence-electron chi connectivity index (χ1n) is 3.74. The van der Waals surface area contributed by atoms with Crippen LogP contribution >= 0.6 is 0 Å². The van der Waals surface area contributed by atoms with Gasteiger partial charge in [-0.3, -0.25) is 9.35 Å². The molecule has 78 valence electrons. The number of carboxylic acid groups (broad SMARTS) is 1. The Morgan fingerprint density at radius 2 is 2.08 bits per heavy atom. The number of aliphatic carboxylic acids is 1. The summed E-state index contributed by atoms with van der Waals surface area (Å²) < 4.78 is 28.8. The zero-order chi connectivity index (χ0) is 10.5. The van der Waals surface area contributed by atoms with Crippen LogP contribution in [-0.4, -0.2) is 42.4 Å². The lowest BCUT2D eigenvalue weighted by molar-refractivity contribution is -0.138. The highest BCUT2D eigenvalue weighted by atomic mass is 32.2.